The summed E-state index contributed by atoms with van der Waals surface area (Å²) in [6, 6.07) is 0. The highest BCUT2D eigenvalue weighted by atomic mass is 32.2. The Kier molecular flexibility index (Phi) is 4.93. The van der Waals surface area contributed by atoms with Gasteiger partial charge in [0.2, 0.25) is 0 Å². The minimum Gasteiger partial charge on any atom is -0.313 e. The minimum atomic E-state index is -3.65. The smallest absolute Gasteiger partial charge is 0.261 e. The van der Waals surface area contributed by atoms with E-state index < -0.39 is 32.7 Å². The third kappa shape index (κ3) is 3.27. The number of rotatable bonds is 6. The normalized spacial score (nSPS) is 35.0. The SMILES string of the molecule is C[Si](C)(C)[Si](OS(C)(=O)=O)(C(=O)C12CC3CC(CC(C3)C1)C2)[Si](C)(C)C. The number of carbonyl (C=O) groups is 1. The van der Waals surface area contributed by atoms with Crippen LogP contribution < -0.4 is 0 Å². The molecule has 0 aliphatic heterocycles. The lowest BCUT2D eigenvalue weighted by Gasteiger charge is -2.59. The van der Waals surface area contributed by atoms with Crippen LogP contribution in [0.25, 0.3) is 0 Å². The minimum absolute atomic E-state index is 0.272. The van der Waals surface area contributed by atoms with Gasteiger partial charge in [0.1, 0.15) is 5.41 Å². The zero-order valence-corrected chi connectivity index (χ0v) is 21.3. The first-order valence-corrected chi connectivity index (χ1v) is 22.8. The first-order valence-electron chi connectivity index (χ1n) is 10.1. The molecule has 0 amide bonds. The van der Waals surface area contributed by atoms with Crippen molar-refractivity contribution in [1.82, 2.24) is 0 Å². The average Bonchev–Trinajstić information content (AvgIpc) is 2.38. The molecule has 26 heavy (non-hydrogen) atoms. The lowest BCUT2D eigenvalue weighted by Crippen LogP contribution is -2.81. The van der Waals surface area contributed by atoms with Gasteiger partial charge in [-0.25, -0.2) is 8.42 Å². The van der Waals surface area contributed by atoms with Gasteiger partial charge in [0, 0.05) is 5.41 Å². The summed E-state index contributed by atoms with van der Waals surface area (Å²) in [5, 5.41) is 0.313. The third-order valence-corrected chi connectivity index (χ3v) is 43.9. The summed E-state index contributed by atoms with van der Waals surface area (Å²) in [5.41, 5.74) is -0.272. The standard InChI is InChI=1S/C18H36O4SSi3/c1-23(20,21)22-26(24(2,3)4,25(5,6)7)17(19)18-11-14-8-15(12-18)10-16(9-14)13-18/h14-16H,8-13H2,1-7H3. The van der Waals surface area contributed by atoms with Gasteiger partial charge < -0.3 is 8.67 Å². The fourth-order valence-corrected chi connectivity index (χ4v) is 55.8. The Balaban J connectivity index is 2.14. The second kappa shape index (κ2) is 6.11. The van der Waals surface area contributed by atoms with Crippen LogP contribution in [0.4, 0.5) is 0 Å². The predicted octanol–water partition coefficient (Wildman–Crippen LogP) is 4.07. The van der Waals surface area contributed by atoms with Gasteiger partial charge in [-0.2, -0.15) is 0 Å². The van der Waals surface area contributed by atoms with Gasteiger partial charge in [-0.05, 0) is 56.3 Å². The molecule has 0 aromatic heterocycles. The van der Waals surface area contributed by atoms with Crippen molar-refractivity contribution in [3.8, 4) is 0 Å². The highest BCUT2D eigenvalue weighted by Crippen LogP contribution is 2.61. The van der Waals surface area contributed by atoms with Crippen molar-refractivity contribution < 1.29 is 17.1 Å². The van der Waals surface area contributed by atoms with Gasteiger partial charge in [0.25, 0.3) is 17.5 Å². The molecule has 150 valence electrons. The van der Waals surface area contributed by atoms with Gasteiger partial charge in [-0.15, -0.1) is 0 Å². The molecule has 0 aromatic carbocycles. The second-order valence-corrected chi connectivity index (χ2v) is 39.1. The molecule has 4 aliphatic carbocycles. The summed E-state index contributed by atoms with van der Waals surface area (Å²) >= 11 is 0. The Morgan fingerprint density at radius 1 is 0.846 bits per heavy atom. The van der Waals surface area contributed by atoms with Gasteiger partial charge >= 0.3 is 0 Å². The Labute approximate surface area is 162 Å². The molecular weight excluding hydrogens is 397 g/mol. The van der Waals surface area contributed by atoms with E-state index in [2.05, 4.69) is 39.3 Å². The molecular formula is C18H36O4SSi3. The van der Waals surface area contributed by atoms with Crippen LogP contribution in [0, 0.1) is 23.2 Å². The molecule has 0 aromatic rings. The van der Waals surface area contributed by atoms with Gasteiger partial charge in [-0.1, -0.05) is 39.3 Å². The van der Waals surface area contributed by atoms with E-state index in [1.54, 1.807) is 0 Å². The monoisotopic (exact) mass is 432 g/mol. The zero-order valence-electron chi connectivity index (χ0n) is 17.5. The van der Waals surface area contributed by atoms with Gasteiger partial charge in [-0.3, -0.25) is 0 Å². The Bertz CT molecular complexity index is 654. The first-order chi connectivity index (χ1) is 11.6. The first kappa shape index (κ1) is 21.0. The van der Waals surface area contributed by atoms with Crippen LogP contribution in [0.3, 0.4) is 0 Å². The van der Waals surface area contributed by atoms with Crippen molar-refractivity contribution in [1.29, 1.82) is 0 Å². The average molecular weight is 433 g/mol. The van der Waals surface area contributed by atoms with Crippen molar-refractivity contribution in [3.63, 3.8) is 0 Å². The quantitative estimate of drug-likeness (QED) is 0.594. The maximum Gasteiger partial charge on any atom is 0.261 e. The zero-order chi connectivity index (χ0) is 19.8. The summed E-state index contributed by atoms with van der Waals surface area (Å²) in [6.07, 6.45) is 8.00. The molecule has 4 nitrogen and oxygen atoms in total. The van der Waals surface area contributed by atoms with E-state index in [1.807, 2.05) is 0 Å². The van der Waals surface area contributed by atoms with Crippen molar-refractivity contribution in [3.05, 3.63) is 0 Å². The molecule has 0 unspecified atom stereocenters. The van der Waals surface area contributed by atoms with Crippen molar-refractivity contribution in [2.24, 2.45) is 23.2 Å². The summed E-state index contributed by atoms with van der Waals surface area (Å²) in [6.45, 7) is 13.1. The summed E-state index contributed by atoms with van der Waals surface area (Å²) in [5.74, 6) is 2.04. The fourth-order valence-electron chi connectivity index (χ4n) is 7.08. The molecule has 8 heteroatoms. The van der Waals surface area contributed by atoms with Crippen LogP contribution in [-0.2, 0) is 18.8 Å². The molecule has 4 saturated carbocycles. The maximum absolute atomic E-state index is 14.4. The molecule has 4 bridgehead atoms. The second-order valence-electron chi connectivity index (χ2n) is 11.5. The molecule has 0 saturated heterocycles. The van der Waals surface area contributed by atoms with Crippen LogP contribution in [0.2, 0.25) is 39.3 Å². The number of hydrogen-bond donors (Lipinski definition) is 0. The van der Waals surface area contributed by atoms with E-state index in [1.165, 1.54) is 19.3 Å². The van der Waals surface area contributed by atoms with Crippen LogP contribution in [0.5, 0.6) is 0 Å². The lowest BCUT2D eigenvalue weighted by molar-refractivity contribution is -0.136. The molecule has 0 spiro atoms. The Hall–Kier alpha value is 0.231. The summed E-state index contributed by atoms with van der Waals surface area (Å²) in [4.78, 5) is 14.4. The van der Waals surface area contributed by atoms with Crippen LogP contribution in [-0.4, -0.2) is 42.6 Å². The van der Waals surface area contributed by atoms with Crippen LogP contribution >= 0.6 is 0 Å². The van der Waals surface area contributed by atoms with E-state index in [-0.39, 0.29) is 5.41 Å². The van der Waals surface area contributed by atoms with Crippen molar-refractivity contribution >= 4 is 38.1 Å². The predicted molar refractivity (Wildman–Crippen MR) is 114 cm³/mol. The highest BCUT2D eigenvalue weighted by Gasteiger charge is 2.70. The molecule has 4 fully saturated rings. The molecule has 0 heterocycles. The Morgan fingerprint density at radius 2 is 1.19 bits per heavy atom. The van der Waals surface area contributed by atoms with Gasteiger partial charge in [0.15, 0.2) is 0 Å². The van der Waals surface area contributed by atoms with Crippen LogP contribution in [0.1, 0.15) is 38.5 Å². The van der Waals surface area contributed by atoms with E-state index in [0.29, 0.717) is 23.2 Å². The maximum atomic E-state index is 14.4. The topological polar surface area (TPSA) is 60.4 Å². The van der Waals surface area contributed by atoms with Crippen molar-refractivity contribution in [2.45, 2.75) is 77.8 Å². The molecule has 4 aliphatic rings. The van der Waals surface area contributed by atoms with Crippen LogP contribution in [0.15, 0.2) is 0 Å². The number of carbonyl (C=O) groups excluding carboxylic acids is 1. The molecule has 4 rings (SSSR count). The third-order valence-electron chi connectivity index (χ3n) is 7.23. The number of hydrogen-bond acceptors (Lipinski definition) is 4. The van der Waals surface area contributed by atoms with E-state index in [0.717, 1.165) is 25.5 Å². The van der Waals surface area contributed by atoms with Gasteiger partial charge in [0.05, 0.1) is 21.4 Å². The molecule has 0 N–H and O–H groups in total. The summed E-state index contributed by atoms with van der Waals surface area (Å²) < 4.78 is 30.8. The fraction of sp³-hybridized carbons (Fsp3) is 0.944. The summed E-state index contributed by atoms with van der Waals surface area (Å²) in [7, 11) is -11.0. The lowest BCUT2D eigenvalue weighted by atomic mass is 9.50. The largest absolute Gasteiger partial charge is 0.313 e. The Morgan fingerprint density at radius 3 is 1.46 bits per heavy atom. The molecule has 0 atom stereocenters. The highest BCUT2D eigenvalue weighted by molar-refractivity contribution is 7.91. The van der Waals surface area contributed by atoms with E-state index >= 15 is 0 Å². The van der Waals surface area contributed by atoms with E-state index in [9.17, 15) is 13.2 Å². The molecule has 0 radical (unpaired) electrons. The van der Waals surface area contributed by atoms with E-state index in [4.69, 9.17) is 3.87 Å². The van der Waals surface area contributed by atoms with Crippen molar-refractivity contribution in [2.75, 3.05) is 6.26 Å².